The van der Waals surface area contributed by atoms with Crippen LogP contribution in [0.25, 0.3) is 0 Å². The molecule has 1 aromatic heterocycles. The average Bonchev–Trinajstić information content (AvgIpc) is 2.91. The molecular weight excluding hydrogens is 345 g/mol. The zero-order valence-electron chi connectivity index (χ0n) is 12.8. The number of nitrogens with zero attached hydrogens (tertiary/aromatic N) is 2. The second-order valence-corrected chi connectivity index (χ2v) is 4.69. The Labute approximate surface area is 139 Å². The lowest BCUT2D eigenvalue weighted by atomic mass is 10.3. The number of carboxylic acid groups (broad SMARTS) is 1. The number of alkyl halides is 3. The lowest BCUT2D eigenvalue weighted by Crippen LogP contribution is -2.20. The van der Waals surface area contributed by atoms with Gasteiger partial charge in [0.25, 0.3) is 0 Å². The maximum absolute atomic E-state index is 12.1. The smallest absolute Gasteiger partial charge is 0.475 e. The van der Waals surface area contributed by atoms with E-state index in [-0.39, 0.29) is 17.3 Å². The standard InChI is InChI=1S/C14H13F3N4O4/c1-2-21-7-10(19-11(21)12(22)23)20-13(24)18-8-3-5-9(6-4-8)25-14(15,16)17/h3-7H,2H2,1H3,(H,22,23)(H2,18,20,24). The molecular formula is C14H13F3N4O4. The van der Waals surface area contributed by atoms with Crippen LogP contribution in [0.15, 0.2) is 30.5 Å². The number of benzene rings is 1. The number of hydrogen-bond acceptors (Lipinski definition) is 4. The van der Waals surface area contributed by atoms with Crippen molar-refractivity contribution in [2.24, 2.45) is 0 Å². The number of hydrogen-bond donors (Lipinski definition) is 3. The number of nitrogens with one attached hydrogen (secondary N) is 2. The molecule has 0 saturated carbocycles. The lowest BCUT2D eigenvalue weighted by molar-refractivity contribution is -0.274. The van der Waals surface area contributed by atoms with Crippen molar-refractivity contribution < 1.29 is 32.6 Å². The molecule has 3 N–H and O–H groups in total. The van der Waals surface area contributed by atoms with E-state index in [9.17, 15) is 22.8 Å². The number of halogens is 3. The summed E-state index contributed by atoms with van der Waals surface area (Å²) >= 11 is 0. The number of aromatic carboxylic acids is 1. The van der Waals surface area contributed by atoms with E-state index in [0.29, 0.717) is 6.54 Å². The molecule has 0 bridgehead atoms. The Kier molecular flexibility index (Phi) is 5.15. The summed E-state index contributed by atoms with van der Waals surface area (Å²) in [5, 5.41) is 13.7. The molecule has 0 aliphatic heterocycles. The molecule has 134 valence electrons. The Morgan fingerprint density at radius 1 is 1.24 bits per heavy atom. The fraction of sp³-hybridized carbons (Fsp3) is 0.214. The Bertz CT molecular complexity index is 771. The van der Waals surface area contributed by atoms with Crippen molar-refractivity contribution in [3.63, 3.8) is 0 Å². The van der Waals surface area contributed by atoms with E-state index in [1.165, 1.54) is 22.9 Å². The molecule has 0 spiro atoms. The van der Waals surface area contributed by atoms with Crippen molar-refractivity contribution in [2.75, 3.05) is 10.6 Å². The van der Waals surface area contributed by atoms with E-state index in [4.69, 9.17) is 5.11 Å². The number of anilines is 2. The second kappa shape index (κ2) is 7.11. The number of rotatable bonds is 5. The molecule has 2 amide bonds. The van der Waals surface area contributed by atoms with Crippen LogP contribution >= 0.6 is 0 Å². The van der Waals surface area contributed by atoms with Gasteiger partial charge in [-0.05, 0) is 31.2 Å². The van der Waals surface area contributed by atoms with Crippen molar-refractivity contribution in [1.29, 1.82) is 0 Å². The van der Waals surface area contributed by atoms with Gasteiger partial charge in [-0.15, -0.1) is 13.2 Å². The fourth-order valence-corrected chi connectivity index (χ4v) is 1.91. The third kappa shape index (κ3) is 5.12. The minimum absolute atomic E-state index is 0.0220. The lowest BCUT2D eigenvalue weighted by Gasteiger charge is -2.10. The number of aryl methyl sites for hydroxylation is 1. The maximum atomic E-state index is 12.1. The van der Waals surface area contributed by atoms with Gasteiger partial charge in [-0.1, -0.05) is 0 Å². The van der Waals surface area contributed by atoms with Crippen LogP contribution in [0.2, 0.25) is 0 Å². The molecule has 1 aromatic carbocycles. The first-order valence-electron chi connectivity index (χ1n) is 6.92. The van der Waals surface area contributed by atoms with Gasteiger partial charge in [0.05, 0.1) is 0 Å². The van der Waals surface area contributed by atoms with Crippen molar-refractivity contribution in [3.8, 4) is 5.75 Å². The summed E-state index contributed by atoms with van der Waals surface area (Å²) < 4.78 is 41.2. The predicted octanol–water partition coefficient (Wildman–Crippen LogP) is 3.14. The third-order valence-electron chi connectivity index (χ3n) is 2.90. The summed E-state index contributed by atoms with van der Waals surface area (Å²) in [5.74, 6) is -1.87. The van der Waals surface area contributed by atoms with E-state index in [1.807, 2.05) is 0 Å². The van der Waals surface area contributed by atoms with Crippen molar-refractivity contribution >= 4 is 23.5 Å². The highest BCUT2D eigenvalue weighted by molar-refractivity contribution is 5.99. The number of urea groups is 1. The van der Waals surface area contributed by atoms with Crippen LogP contribution in [0, 0.1) is 0 Å². The largest absolute Gasteiger partial charge is 0.573 e. The molecule has 0 aliphatic carbocycles. The molecule has 0 saturated heterocycles. The minimum atomic E-state index is -4.80. The summed E-state index contributed by atoms with van der Waals surface area (Å²) in [6.45, 7) is 2.06. The number of aromatic nitrogens is 2. The van der Waals surface area contributed by atoms with Crippen molar-refractivity contribution in [2.45, 2.75) is 19.8 Å². The Morgan fingerprint density at radius 3 is 2.36 bits per heavy atom. The van der Waals surface area contributed by atoms with Crippen LogP contribution in [0.3, 0.4) is 0 Å². The summed E-state index contributed by atoms with van der Waals surface area (Å²) in [5.41, 5.74) is 0.209. The van der Waals surface area contributed by atoms with Crippen LogP contribution in [-0.4, -0.2) is 33.0 Å². The van der Waals surface area contributed by atoms with Crippen molar-refractivity contribution in [3.05, 3.63) is 36.3 Å². The third-order valence-corrected chi connectivity index (χ3v) is 2.90. The topological polar surface area (TPSA) is 105 Å². The quantitative estimate of drug-likeness (QED) is 0.761. The summed E-state index contributed by atoms with van der Waals surface area (Å²) in [7, 11) is 0. The minimum Gasteiger partial charge on any atom is -0.475 e. The molecule has 0 fully saturated rings. The molecule has 25 heavy (non-hydrogen) atoms. The highest BCUT2D eigenvalue weighted by Gasteiger charge is 2.30. The maximum Gasteiger partial charge on any atom is 0.573 e. The van der Waals surface area contributed by atoms with E-state index in [2.05, 4.69) is 20.4 Å². The molecule has 2 rings (SSSR count). The highest BCUT2D eigenvalue weighted by atomic mass is 19.4. The number of imidazole rings is 1. The molecule has 0 radical (unpaired) electrons. The SMILES string of the molecule is CCn1cc(NC(=O)Nc2ccc(OC(F)(F)F)cc2)nc1C(=O)O. The molecule has 0 unspecified atom stereocenters. The van der Waals surface area contributed by atoms with Gasteiger partial charge in [0, 0.05) is 18.4 Å². The van der Waals surface area contributed by atoms with Crippen molar-refractivity contribution in [1.82, 2.24) is 9.55 Å². The predicted molar refractivity (Wildman–Crippen MR) is 80.6 cm³/mol. The molecule has 2 aromatic rings. The van der Waals surface area contributed by atoms with Crippen LogP contribution in [0.5, 0.6) is 5.75 Å². The second-order valence-electron chi connectivity index (χ2n) is 4.69. The highest BCUT2D eigenvalue weighted by Crippen LogP contribution is 2.24. The van der Waals surface area contributed by atoms with E-state index < -0.39 is 24.1 Å². The summed E-state index contributed by atoms with van der Waals surface area (Å²) in [4.78, 5) is 26.6. The first kappa shape index (κ1) is 18.1. The first-order valence-corrected chi connectivity index (χ1v) is 6.92. The summed E-state index contributed by atoms with van der Waals surface area (Å²) in [6.07, 6.45) is -3.45. The summed E-state index contributed by atoms with van der Waals surface area (Å²) in [6, 6.07) is 3.78. The van der Waals surface area contributed by atoms with E-state index in [0.717, 1.165) is 12.1 Å². The molecule has 8 nitrogen and oxygen atoms in total. The van der Waals surface area contributed by atoms with Crippen LogP contribution in [-0.2, 0) is 6.54 Å². The van der Waals surface area contributed by atoms with Gasteiger partial charge in [-0.25, -0.2) is 14.6 Å². The zero-order chi connectivity index (χ0) is 18.6. The molecule has 1 heterocycles. The van der Waals surface area contributed by atoms with Gasteiger partial charge in [-0.3, -0.25) is 5.32 Å². The number of ether oxygens (including phenoxy) is 1. The monoisotopic (exact) mass is 358 g/mol. The van der Waals surface area contributed by atoms with Gasteiger partial charge in [0.2, 0.25) is 5.82 Å². The molecule has 0 atom stereocenters. The van der Waals surface area contributed by atoms with Gasteiger partial charge >= 0.3 is 18.4 Å². The van der Waals surface area contributed by atoms with Gasteiger partial charge < -0.3 is 19.7 Å². The Balaban J connectivity index is 1.99. The van der Waals surface area contributed by atoms with Crippen LogP contribution in [0.4, 0.5) is 29.5 Å². The van der Waals surface area contributed by atoms with Crippen LogP contribution < -0.4 is 15.4 Å². The van der Waals surface area contributed by atoms with Crippen LogP contribution in [0.1, 0.15) is 17.5 Å². The zero-order valence-corrected chi connectivity index (χ0v) is 12.8. The van der Waals surface area contributed by atoms with Gasteiger partial charge in [-0.2, -0.15) is 0 Å². The number of carbonyl (C=O) groups is 2. The van der Waals surface area contributed by atoms with E-state index >= 15 is 0 Å². The number of carboxylic acids is 1. The fourth-order valence-electron chi connectivity index (χ4n) is 1.91. The van der Waals surface area contributed by atoms with Gasteiger partial charge in [0.1, 0.15) is 5.75 Å². The van der Waals surface area contributed by atoms with Gasteiger partial charge in [0.15, 0.2) is 5.82 Å². The average molecular weight is 358 g/mol. The molecule has 11 heteroatoms. The number of amides is 2. The Hall–Kier alpha value is -3.24. The normalized spacial score (nSPS) is 11.0. The first-order chi connectivity index (χ1) is 11.7. The Morgan fingerprint density at radius 2 is 1.88 bits per heavy atom. The van der Waals surface area contributed by atoms with E-state index in [1.54, 1.807) is 6.92 Å². The molecule has 0 aliphatic rings. The number of carbonyl (C=O) groups excluding carboxylic acids is 1.